The highest BCUT2D eigenvalue weighted by Crippen LogP contribution is 2.18. The van der Waals surface area contributed by atoms with Crippen molar-refractivity contribution in [3.05, 3.63) is 72.9 Å². The van der Waals surface area contributed by atoms with Crippen LogP contribution in [0.25, 0.3) is 0 Å². The largest absolute Gasteiger partial charge is 0.462 e. The molecule has 0 amide bonds. The van der Waals surface area contributed by atoms with Gasteiger partial charge in [-0.2, -0.15) is 0 Å². The normalized spacial score (nSPS) is 12.5. The van der Waals surface area contributed by atoms with Crippen molar-refractivity contribution in [1.29, 1.82) is 0 Å². The lowest BCUT2D eigenvalue weighted by atomic mass is 10.0. The van der Waals surface area contributed by atoms with E-state index >= 15 is 0 Å². The monoisotopic (exact) mass is 1130 g/mol. The molecule has 1 unspecified atom stereocenters. The lowest BCUT2D eigenvalue weighted by Gasteiger charge is -2.18. The first-order valence-corrected chi connectivity index (χ1v) is 35.4. The number of allylic oxidation sites excluding steroid dienone is 12. The summed E-state index contributed by atoms with van der Waals surface area (Å²) in [6.45, 7) is 6.51. The van der Waals surface area contributed by atoms with Gasteiger partial charge in [0.15, 0.2) is 6.10 Å². The van der Waals surface area contributed by atoms with E-state index in [0.717, 1.165) is 70.6 Å². The van der Waals surface area contributed by atoms with Gasteiger partial charge in [0.1, 0.15) is 13.2 Å². The predicted octanol–water partition coefficient (Wildman–Crippen LogP) is 24.4. The van der Waals surface area contributed by atoms with Crippen LogP contribution in [0.2, 0.25) is 0 Å². The van der Waals surface area contributed by atoms with Crippen molar-refractivity contribution in [3.8, 4) is 0 Å². The zero-order chi connectivity index (χ0) is 58.5. The predicted molar refractivity (Wildman–Crippen MR) is 353 cm³/mol. The summed E-state index contributed by atoms with van der Waals surface area (Å²) in [6, 6.07) is 0. The number of unbranched alkanes of at least 4 members (excludes halogenated alkanes) is 42. The molecule has 6 nitrogen and oxygen atoms in total. The third kappa shape index (κ3) is 67.5. The molecule has 470 valence electrons. The lowest BCUT2D eigenvalue weighted by molar-refractivity contribution is -0.166. The minimum Gasteiger partial charge on any atom is -0.462 e. The van der Waals surface area contributed by atoms with Crippen LogP contribution in [-0.2, 0) is 28.6 Å². The minimum atomic E-state index is -0.803. The summed E-state index contributed by atoms with van der Waals surface area (Å²) in [7, 11) is 0. The lowest BCUT2D eigenvalue weighted by Crippen LogP contribution is -2.30. The van der Waals surface area contributed by atoms with Crippen molar-refractivity contribution in [2.45, 2.75) is 374 Å². The fraction of sp³-hybridized carbons (Fsp3) is 0.800. The van der Waals surface area contributed by atoms with Gasteiger partial charge >= 0.3 is 17.9 Å². The number of esters is 3. The second-order valence-electron chi connectivity index (χ2n) is 23.8. The summed E-state index contributed by atoms with van der Waals surface area (Å²) >= 11 is 0. The summed E-state index contributed by atoms with van der Waals surface area (Å²) in [6.07, 6.45) is 91.0. The zero-order valence-electron chi connectivity index (χ0n) is 54.1. The quantitative estimate of drug-likeness (QED) is 0.0261. The number of carbonyl (C=O) groups is 3. The highest BCUT2D eigenvalue weighted by atomic mass is 16.6. The molecule has 1 atom stereocenters. The number of hydrogen-bond acceptors (Lipinski definition) is 6. The molecule has 0 saturated heterocycles. The van der Waals surface area contributed by atoms with Gasteiger partial charge in [-0.25, -0.2) is 0 Å². The summed E-state index contributed by atoms with van der Waals surface area (Å²) < 4.78 is 16.9. The third-order valence-electron chi connectivity index (χ3n) is 15.7. The topological polar surface area (TPSA) is 78.9 Å². The Morgan fingerprint density at radius 2 is 0.506 bits per heavy atom. The maximum atomic E-state index is 12.9. The Labute approximate surface area is 503 Å². The van der Waals surface area contributed by atoms with E-state index in [1.165, 1.54) is 250 Å². The van der Waals surface area contributed by atoms with Crippen LogP contribution < -0.4 is 0 Å². The molecule has 0 bridgehead atoms. The molecule has 0 rings (SSSR count). The van der Waals surface area contributed by atoms with Crippen LogP contribution >= 0.6 is 0 Å². The smallest absolute Gasteiger partial charge is 0.306 e. The molecule has 0 aliphatic carbocycles. The van der Waals surface area contributed by atoms with Crippen LogP contribution in [0.1, 0.15) is 367 Å². The Morgan fingerprint density at radius 1 is 0.259 bits per heavy atom. The van der Waals surface area contributed by atoms with E-state index in [1.54, 1.807) is 0 Å². The second kappa shape index (κ2) is 69.3. The van der Waals surface area contributed by atoms with Crippen molar-refractivity contribution in [3.63, 3.8) is 0 Å². The molecule has 0 spiro atoms. The van der Waals surface area contributed by atoms with Crippen molar-refractivity contribution in [2.24, 2.45) is 0 Å². The van der Waals surface area contributed by atoms with Crippen LogP contribution in [0.3, 0.4) is 0 Å². The summed E-state index contributed by atoms with van der Waals surface area (Å²) in [5.41, 5.74) is 0. The number of ether oxygens (including phenoxy) is 3. The van der Waals surface area contributed by atoms with Gasteiger partial charge in [0.05, 0.1) is 0 Å². The second-order valence-corrected chi connectivity index (χ2v) is 23.8. The van der Waals surface area contributed by atoms with E-state index in [0.29, 0.717) is 19.3 Å². The van der Waals surface area contributed by atoms with E-state index in [2.05, 4.69) is 87.6 Å². The number of rotatable bonds is 65. The molecule has 0 aromatic rings. The molecule has 0 fully saturated rings. The van der Waals surface area contributed by atoms with Crippen molar-refractivity contribution in [2.75, 3.05) is 13.2 Å². The average Bonchev–Trinajstić information content (AvgIpc) is 3.46. The Balaban J connectivity index is 4.26. The molecule has 0 aliphatic rings. The molecule has 6 heteroatoms. The Kier molecular flexibility index (Phi) is 66.6. The van der Waals surface area contributed by atoms with E-state index in [-0.39, 0.29) is 37.5 Å². The Bertz CT molecular complexity index is 1490. The number of carbonyl (C=O) groups excluding carboxylic acids is 3. The molecular formula is C75H134O6. The molecule has 81 heavy (non-hydrogen) atoms. The summed E-state index contributed by atoms with van der Waals surface area (Å²) in [4.78, 5) is 38.4. The Hall–Kier alpha value is -3.15. The standard InChI is InChI=1S/C75H134O6/c1-4-7-10-13-16-19-22-25-27-29-31-33-35-36-37-38-40-41-43-45-47-50-53-56-59-62-65-68-74(77)80-71-72(70-79-73(76)67-64-61-58-55-52-49-24-21-18-15-12-9-6-3)81-75(78)69-66-63-60-57-54-51-48-46-44-42-39-34-32-30-28-26-23-20-17-14-11-8-5-2/h9,12,18,21-22,25,29,31,49,52,58,61,72H,4-8,10-11,13-17,19-20,23-24,26-28,30,32-48,50-51,53-57,59-60,62-71H2,1-3H3/b12-9-,21-18-,25-22-,31-29-,52-49-,61-58-. The van der Waals surface area contributed by atoms with Gasteiger partial charge in [-0.15, -0.1) is 0 Å². The Morgan fingerprint density at radius 3 is 0.827 bits per heavy atom. The molecule has 0 aromatic carbocycles. The molecule has 0 aromatic heterocycles. The van der Waals surface area contributed by atoms with Crippen LogP contribution in [0, 0.1) is 0 Å². The van der Waals surface area contributed by atoms with Crippen LogP contribution in [0.4, 0.5) is 0 Å². The highest BCUT2D eigenvalue weighted by Gasteiger charge is 2.19. The first-order valence-electron chi connectivity index (χ1n) is 35.4. The van der Waals surface area contributed by atoms with Gasteiger partial charge in [0.2, 0.25) is 0 Å². The maximum Gasteiger partial charge on any atom is 0.306 e. The number of hydrogen-bond donors (Lipinski definition) is 0. The average molecular weight is 1130 g/mol. The van der Waals surface area contributed by atoms with E-state index in [4.69, 9.17) is 14.2 Å². The summed E-state index contributed by atoms with van der Waals surface area (Å²) in [5.74, 6) is -0.957. The van der Waals surface area contributed by atoms with Gasteiger partial charge < -0.3 is 14.2 Å². The first kappa shape index (κ1) is 77.9. The van der Waals surface area contributed by atoms with E-state index in [9.17, 15) is 14.4 Å². The van der Waals surface area contributed by atoms with Gasteiger partial charge in [-0.1, -0.05) is 344 Å². The molecule has 0 radical (unpaired) electrons. The van der Waals surface area contributed by atoms with Gasteiger partial charge in [0.25, 0.3) is 0 Å². The highest BCUT2D eigenvalue weighted by molar-refractivity contribution is 5.71. The van der Waals surface area contributed by atoms with E-state index < -0.39 is 6.10 Å². The summed E-state index contributed by atoms with van der Waals surface area (Å²) in [5, 5.41) is 0. The van der Waals surface area contributed by atoms with Crippen LogP contribution in [-0.4, -0.2) is 37.2 Å². The third-order valence-corrected chi connectivity index (χ3v) is 15.7. The van der Waals surface area contributed by atoms with E-state index in [1.807, 2.05) is 6.08 Å². The van der Waals surface area contributed by atoms with Crippen LogP contribution in [0.15, 0.2) is 72.9 Å². The molecule has 0 saturated carbocycles. The van der Waals surface area contributed by atoms with Gasteiger partial charge in [0, 0.05) is 19.3 Å². The fourth-order valence-electron chi connectivity index (χ4n) is 10.4. The fourth-order valence-corrected chi connectivity index (χ4v) is 10.4. The van der Waals surface area contributed by atoms with Crippen molar-refractivity contribution in [1.82, 2.24) is 0 Å². The maximum absolute atomic E-state index is 12.9. The van der Waals surface area contributed by atoms with Crippen molar-refractivity contribution < 1.29 is 28.6 Å². The molecule has 0 heterocycles. The first-order chi connectivity index (χ1) is 40.0. The minimum absolute atomic E-state index is 0.0935. The van der Waals surface area contributed by atoms with Gasteiger partial charge in [-0.05, 0) is 77.0 Å². The molecule has 0 N–H and O–H groups in total. The van der Waals surface area contributed by atoms with Crippen LogP contribution in [0.5, 0.6) is 0 Å². The SMILES string of the molecule is CC/C=C\C/C=C\C/C=C\C/C=C\CCC(=O)OCC(COC(=O)CCCCCCCCCCCCCCCCC/C=C\C/C=C\CCCCCCC)OC(=O)CCCCCCCCCCCCCCCCCCCCCCCCC. The van der Waals surface area contributed by atoms with Crippen molar-refractivity contribution >= 4 is 17.9 Å². The zero-order valence-corrected chi connectivity index (χ0v) is 54.1. The molecule has 0 aliphatic heterocycles. The van der Waals surface area contributed by atoms with Gasteiger partial charge in [-0.3, -0.25) is 14.4 Å². The molecular weight excluding hydrogens is 997 g/mol.